The molecule has 0 spiro atoms. The molecule has 14 heavy (non-hydrogen) atoms. The van der Waals surface area contributed by atoms with Gasteiger partial charge in [0.2, 0.25) is 19.5 Å². The van der Waals surface area contributed by atoms with Crippen molar-refractivity contribution in [2.45, 2.75) is 51.2 Å². The van der Waals surface area contributed by atoms with Crippen molar-refractivity contribution in [1.82, 2.24) is 0 Å². The van der Waals surface area contributed by atoms with Crippen LogP contribution in [0, 0.1) is 0 Å². The topological polar surface area (TPSA) is 18.5 Å². The summed E-state index contributed by atoms with van der Waals surface area (Å²) in [5.74, 6) is 0. The summed E-state index contributed by atoms with van der Waals surface area (Å²) in [6.07, 6.45) is 1.28. The standard InChI is InChI=1S/C8H22O2Si4/c1-11-10-14(4,5)8-6-7-12-9-13(2)3/h13H,6-8H2,1-5H3. The van der Waals surface area contributed by atoms with Crippen LogP contribution in [0.1, 0.15) is 6.42 Å². The Morgan fingerprint density at radius 3 is 2.43 bits per heavy atom. The van der Waals surface area contributed by atoms with Gasteiger partial charge in [-0.15, -0.1) is 0 Å². The molecule has 0 rings (SSSR count). The van der Waals surface area contributed by atoms with Gasteiger partial charge in [0.25, 0.3) is 0 Å². The van der Waals surface area contributed by atoms with Crippen LogP contribution in [0.4, 0.5) is 0 Å². The lowest BCUT2D eigenvalue weighted by Gasteiger charge is -2.21. The third-order valence-electron chi connectivity index (χ3n) is 1.76. The van der Waals surface area contributed by atoms with E-state index in [9.17, 15) is 0 Å². The lowest BCUT2D eigenvalue weighted by molar-refractivity contribution is 0.583. The van der Waals surface area contributed by atoms with E-state index in [2.05, 4.69) is 32.7 Å². The van der Waals surface area contributed by atoms with Gasteiger partial charge in [0, 0.05) is 0 Å². The molecule has 2 nitrogen and oxygen atoms in total. The highest BCUT2D eigenvalue weighted by Crippen LogP contribution is 2.14. The summed E-state index contributed by atoms with van der Waals surface area (Å²) in [6, 6.07) is 2.52. The molecule has 0 saturated heterocycles. The van der Waals surface area contributed by atoms with E-state index >= 15 is 0 Å². The molecule has 0 unspecified atom stereocenters. The maximum Gasteiger partial charge on any atom is 0.214 e. The van der Waals surface area contributed by atoms with Gasteiger partial charge in [-0.3, -0.25) is 0 Å². The van der Waals surface area contributed by atoms with E-state index in [0.717, 1.165) is 9.76 Å². The highest BCUT2D eigenvalue weighted by molar-refractivity contribution is 6.75. The van der Waals surface area contributed by atoms with E-state index in [1.54, 1.807) is 0 Å². The van der Waals surface area contributed by atoms with Crippen molar-refractivity contribution in [3.05, 3.63) is 0 Å². The molecule has 0 fully saturated rings. The molecular formula is C8H22O2Si4. The van der Waals surface area contributed by atoms with Crippen LogP contribution in [0.2, 0.25) is 44.8 Å². The Morgan fingerprint density at radius 2 is 1.93 bits per heavy atom. The second kappa shape index (κ2) is 8.00. The van der Waals surface area contributed by atoms with Crippen LogP contribution in [-0.4, -0.2) is 36.9 Å². The molecule has 0 aromatic rings. The highest BCUT2D eigenvalue weighted by Gasteiger charge is 2.20. The molecule has 6 heteroatoms. The van der Waals surface area contributed by atoms with Gasteiger partial charge in [-0.25, -0.2) is 0 Å². The molecule has 0 N–H and O–H groups in total. The summed E-state index contributed by atoms with van der Waals surface area (Å²) >= 11 is 0. The molecule has 0 bridgehead atoms. The fourth-order valence-electron chi connectivity index (χ4n) is 1.14. The summed E-state index contributed by atoms with van der Waals surface area (Å²) < 4.78 is 11.5. The smallest absolute Gasteiger partial charge is 0.214 e. The van der Waals surface area contributed by atoms with Crippen molar-refractivity contribution in [2.75, 3.05) is 0 Å². The van der Waals surface area contributed by atoms with Gasteiger partial charge in [-0.2, -0.15) is 0 Å². The van der Waals surface area contributed by atoms with Gasteiger partial charge in [-0.05, 0) is 44.8 Å². The summed E-state index contributed by atoms with van der Waals surface area (Å²) in [7, 11) is -0.694. The van der Waals surface area contributed by atoms with Crippen LogP contribution in [-0.2, 0) is 8.23 Å². The lowest BCUT2D eigenvalue weighted by atomic mass is 10.6. The minimum atomic E-state index is -1.31. The number of hydrogen-bond donors (Lipinski definition) is 0. The zero-order chi connectivity index (χ0) is 11.0. The normalized spacial score (nSPS) is 12.4. The molecule has 82 valence electrons. The average Bonchev–Trinajstić information content (AvgIpc) is 2.02. The van der Waals surface area contributed by atoms with E-state index in [-0.39, 0.29) is 0 Å². The molecule has 0 atom stereocenters. The molecule has 0 saturated carbocycles. The Kier molecular flexibility index (Phi) is 8.45. The summed E-state index contributed by atoms with van der Waals surface area (Å²) in [6.45, 7) is 11.2. The van der Waals surface area contributed by atoms with Crippen molar-refractivity contribution in [1.29, 1.82) is 0 Å². The van der Waals surface area contributed by atoms with Crippen LogP contribution in [0.3, 0.4) is 0 Å². The van der Waals surface area contributed by atoms with Crippen molar-refractivity contribution in [2.24, 2.45) is 0 Å². The van der Waals surface area contributed by atoms with Gasteiger partial charge < -0.3 is 8.23 Å². The zero-order valence-electron chi connectivity index (χ0n) is 10.0. The van der Waals surface area contributed by atoms with Crippen LogP contribution in [0.5, 0.6) is 0 Å². The number of rotatable bonds is 8. The van der Waals surface area contributed by atoms with Gasteiger partial charge in [0.15, 0.2) is 17.4 Å². The first-order valence-corrected chi connectivity index (χ1v) is 13.6. The van der Waals surface area contributed by atoms with Crippen LogP contribution in [0.25, 0.3) is 0 Å². The van der Waals surface area contributed by atoms with E-state index in [4.69, 9.17) is 8.23 Å². The highest BCUT2D eigenvalue weighted by atomic mass is 28.4. The average molecular weight is 263 g/mol. The first-order valence-electron chi connectivity index (χ1n) is 5.21. The van der Waals surface area contributed by atoms with E-state index < -0.39 is 17.4 Å². The van der Waals surface area contributed by atoms with E-state index in [0.29, 0.717) is 9.76 Å². The zero-order valence-corrected chi connectivity index (χ0v) is 14.2. The largest absolute Gasteiger partial charge is 0.459 e. The van der Waals surface area contributed by atoms with E-state index in [1.807, 2.05) is 0 Å². The van der Waals surface area contributed by atoms with E-state index in [1.165, 1.54) is 18.5 Å². The van der Waals surface area contributed by atoms with Gasteiger partial charge >= 0.3 is 0 Å². The molecule has 0 heterocycles. The molecular weight excluding hydrogens is 240 g/mol. The predicted molar refractivity (Wildman–Crippen MR) is 70.1 cm³/mol. The SMILES string of the molecule is C[Si]O[Si](C)(C)CCC[Si]O[SiH](C)C. The Labute approximate surface area is 96.5 Å². The summed E-state index contributed by atoms with van der Waals surface area (Å²) in [4.78, 5) is 0. The molecule has 0 amide bonds. The van der Waals surface area contributed by atoms with Crippen LogP contribution < -0.4 is 0 Å². The Balaban J connectivity index is 3.34. The quantitative estimate of drug-likeness (QED) is 0.494. The minimum Gasteiger partial charge on any atom is -0.459 e. The molecule has 0 aromatic heterocycles. The van der Waals surface area contributed by atoms with Crippen LogP contribution in [0.15, 0.2) is 0 Å². The minimum absolute atomic E-state index is 0.657. The summed E-state index contributed by atoms with van der Waals surface area (Å²) in [5.41, 5.74) is 0. The maximum absolute atomic E-state index is 5.79. The van der Waals surface area contributed by atoms with Crippen LogP contribution >= 0.6 is 0 Å². The maximum atomic E-state index is 5.79. The second-order valence-electron chi connectivity index (χ2n) is 4.23. The third kappa shape index (κ3) is 9.35. The summed E-state index contributed by atoms with van der Waals surface area (Å²) in [5, 5.41) is 0. The van der Waals surface area contributed by atoms with Gasteiger partial charge in [0.1, 0.15) is 0 Å². The second-order valence-corrected chi connectivity index (χ2v) is 13.3. The Hall–Kier alpha value is 0.788. The molecule has 0 aliphatic heterocycles. The van der Waals surface area contributed by atoms with Crippen molar-refractivity contribution < 1.29 is 8.23 Å². The van der Waals surface area contributed by atoms with Gasteiger partial charge in [-0.1, -0.05) is 6.42 Å². The van der Waals surface area contributed by atoms with Gasteiger partial charge in [0.05, 0.1) is 0 Å². The molecule has 0 aliphatic rings. The first kappa shape index (κ1) is 14.8. The fraction of sp³-hybridized carbons (Fsp3) is 1.00. The first-order chi connectivity index (χ1) is 6.48. The molecule has 4 radical (unpaired) electrons. The number of hydrogen-bond acceptors (Lipinski definition) is 2. The fourth-order valence-corrected chi connectivity index (χ4v) is 7.27. The third-order valence-corrected chi connectivity index (χ3v) is 9.45. The molecule has 0 aliphatic carbocycles. The van der Waals surface area contributed by atoms with Crippen molar-refractivity contribution in [3.63, 3.8) is 0 Å². The van der Waals surface area contributed by atoms with Crippen molar-refractivity contribution >= 4 is 36.9 Å². The Bertz CT molecular complexity index is 141. The monoisotopic (exact) mass is 262 g/mol. The predicted octanol–water partition coefficient (Wildman–Crippen LogP) is 2.30. The van der Waals surface area contributed by atoms with Crippen molar-refractivity contribution in [3.8, 4) is 0 Å². The lowest BCUT2D eigenvalue weighted by Crippen LogP contribution is -2.31. The Morgan fingerprint density at radius 1 is 1.29 bits per heavy atom. The molecule has 0 aromatic carbocycles.